The third kappa shape index (κ3) is 3.88. The number of carbonyl (C=O) groups excluding carboxylic acids is 1. The lowest BCUT2D eigenvalue weighted by Crippen LogP contribution is -2.22. The highest BCUT2D eigenvalue weighted by Gasteiger charge is 2.27. The first-order valence-corrected chi connectivity index (χ1v) is 8.16. The molecule has 30 heavy (non-hydrogen) atoms. The van der Waals surface area contributed by atoms with Gasteiger partial charge in [0.05, 0.1) is 7.11 Å². The molecule has 12 heteroatoms. The Morgan fingerprint density at radius 3 is 2.27 bits per heavy atom. The van der Waals surface area contributed by atoms with E-state index in [0.717, 1.165) is 0 Å². The fourth-order valence-electron chi connectivity index (χ4n) is 2.49. The molecule has 0 unspecified atom stereocenters. The monoisotopic (exact) mass is 429 g/mol. The topological polar surface area (TPSA) is 86.5 Å². The maximum atomic E-state index is 13.6. The molecule has 0 atom stereocenters. The van der Waals surface area contributed by atoms with Crippen LogP contribution in [0.5, 0.6) is 11.5 Å². The van der Waals surface area contributed by atoms with Crippen LogP contribution in [-0.2, 0) is 4.79 Å². The van der Waals surface area contributed by atoms with Crippen molar-refractivity contribution in [3.63, 3.8) is 0 Å². The number of aryl methyl sites for hydroxylation is 1. The fourth-order valence-corrected chi connectivity index (χ4v) is 2.49. The summed E-state index contributed by atoms with van der Waals surface area (Å²) in [5, 5.41) is 9.44. The molecule has 0 saturated heterocycles. The van der Waals surface area contributed by atoms with Crippen LogP contribution >= 0.6 is 0 Å². The molecular weight excluding hydrogens is 417 g/mol. The average molecular weight is 429 g/mol. The van der Waals surface area contributed by atoms with Gasteiger partial charge in [-0.2, -0.15) is 8.78 Å². The molecule has 1 heterocycles. The number of methoxy groups -OCH3 is 1. The van der Waals surface area contributed by atoms with Crippen LogP contribution < -0.4 is 14.8 Å². The highest BCUT2D eigenvalue weighted by Crippen LogP contribution is 2.31. The molecule has 0 saturated carbocycles. The van der Waals surface area contributed by atoms with Crippen molar-refractivity contribution in [3.8, 4) is 22.8 Å². The molecule has 0 spiro atoms. The third-order valence-corrected chi connectivity index (χ3v) is 3.95. The number of carbonyl (C=O) groups is 1. The molecule has 7 nitrogen and oxygen atoms in total. The van der Waals surface area contributed by atoms with Crippen molar-refractivity contribution >= 4 is 11.7 Å². The van der Waals surface area contributed by atoms with E-state index in [1.54, 1.807) is 25.1 Å². The standard InChI is InChI=1S/C18H12F5N3O4/c1-7-5-8(28-2)3-4-9(7)16-18(26-30-25-16)24-10(27)6-29-17-14(22)12(20)11(19)13(21)15(17)23/h3-5H,6H2,1-2H3,(H,24,26,27). The van der Waals surface area contributed by atoms with E-state index in [4.69, 9.17) is 4.74 Å². The lowest BCUT2D eigenvalue weighted by Gasteiger charge is -2.10. The summed E-state index contributed by atoms with van der Waals surface area (Å²) in [5.41, 5.74) is 1.38. The second-order valence-electron chi connectivity index (χ2n) is 5.88. The van der Waals surface area contributed by atoms with Gasteiger partial charge in [0.15, 0.2) is 18.1 Å². The molecule has 0 bridgehead atoms. The third-order valence-electron chi connectivity index (χ3n) is 3.95. The predicted molar refractivity (Wildman–Crippen MR) is 91.4 cm³/mol. The number of anilines is 1. The second kappa shape index (κ2) is 8.35. The Hall–Kier alpha value is -3.70. The zero-order chi connectivity index (χ0) is 22.0. The van der Waals surface area contributed by atoms with Crippen LogP contribution in [-0.4, -0.2) is 29.9 Å². The Bertz CT molecular complexity index is 1090. The molecule has 2 aromatic carbocycles. The molecule has 0 aliphatic carbocycles. The van der Waals surface area contributed by atoms with Gasteiger partial charge in [-0.3, -0.25) is 4.79 Å². The minimum atomic E-state index is -2.34. The number of nitrogens with zero attached hydrogens (tertiary/aromatic N) is 2. The van der Waals surface area contributed by atoms with Gasteiger partial charge in [-0.1, -0.05) is 0 Å². The quantitative estimate of drug-likeness (QED) is 0.365. The van der Waals surface area contributed by atoms with Crippen molar-refractivity contribution in [2.45, 2.75) is 6.92 Å². The molecule has 1 aromatic heterocycles. The van der Waals surface area contributed by atoms with Gasteiger partial charge in [0, 0.05) is 5.56 Å². The molecule has 0 aliphatic rings. The van der Waals surface area contributed by atoms with E-state index in [9.17, 15) is 26.7 Å². The van der Waals surface area contributed by atoms with Gasteiger partial charge in [-0.25, -0.2) is 17.8 Å². The summed E-state index contributed by atoms with van der Waals surface area (Å²) in [4.78, 5) is 12.0. The first kappa shape index (κ1) is 21.0. The van der Waals surface area contributed by atoms with E-state index in [-0.39, 0.29) is 11.5 Å². The Morgan fingerprint density at radius 2 is 1.67 bits per heavy atom. The van der Waals surface area contributed by atoms with Gasteiger partial charge in [0.2, 0.25) is 34.9 Å². The molecular formula is C18H12F5N3O4. The van der Waals surface area contributed by atoms with Gasteiger partial charge in [0.1, 0.15) is 5.75 Å². The molecule has 3 rings (SSSR count). The minimum absolute atomic E-state index is 0.139. The number of aromatic nitrogens is 2. The molecule has 1 amide bonds. The number of nitrogens with one attached hydrogen (secondary N) is 1. The van der Waals surface area contributed by atoms with E-state index in [0.29, 0.717) is 16.9 Å². The minimum Gasteiger partial charge on any atom is -0.497 e. The first-order valence-electron chi connectivity index (χ1n) is 8.16. The molecule has 3 aromatic rings. The van der Waals surface area contributed by atoms with Crippen molar-refractivity contribution in [3.05, 3.63) is 52.8 Å². The van der Waals surface area contributed by atoms with Crippen LogP contribution in [0.3, 0.4) is 0 Å². The number of hydrogen-bond donors (Lipinski definition) is 1. The van der Waals surface area contributed by atoms with Crippen LogP contribution in [0.25, 0.3) is 11.3 Å². The Morgan fingerprint density at radius 1 is 1.03 bits per heavy atom. The molecule has 0 aliphatic heterocycles. The lowest BCUT2D eigenvalue weighted by molar-refractivity contribution is -0.118. The van der Waals surface area contributed by atoms with Crippen LogP contribution in [0.4, 0.5) is 27.8 Å². The molecule has 0 radical (unpaired) electrons. The molecule has 1 N–H and O–H groups in total. The highest BCUT2D eigenvalue weighted by molar-refractivity contribution is 5.94. The van der Waals surface area contributed by atoms with Gasteiger partial charge in [0.25, 0.3) is 5.91 Å². The van der Waals surface area contributed by atoms with Crippen LogP contribution in [0.1, 0.15) is 5.56 Å². The number of amides is 1. The van der Waals surface area contributed by atoms with Crippen LogP contribution in [0, 0.1) is 36.0 Å². The van der Waals surface area contributed by atoms with Crippen molar-refractivity contribution in [2.75, 3.05) is 19.0 Å². The normalized spacial score (nSPS) is 10.8. The van der Waals surface area contributed by atoms with Gasteiger partial charge in [-0.15, -0.1) is 0 Å². The summed E-state index contributed by atoms with van der Waals surface area (Å²) < 4.78 is 80.8. The average Bonchev–Trinajstić information content (AvgIpc) is 3.18. The summed E-state index contributed by atoms with van der Waals surface area (Å²) >= 11 is 0. The lowest BCUT2D eigenvalue weighted by atomic mass is 10.1. The van der Waals surface area contributed by atoms with Crippen LogP contribution in [0.15, 0.2) is 22.8 Å². The Balaban J connectivity index is 1.76. The Kier molecular flexibility index (Phi) is 5.85. The van der Waals surface area contributed by atoms with Crippen molar-refractivity contribution in [1.29, 1.82) is 0 Å². The van der Waals surface area contributed by atoms with Gasteiger partial charge < -0.3 is 14.8 Å². The first-order chi connectivity index (χ1) is 14.2. The van der Waals surface area contributed by atoms with Crippen molar-refractivity contribution in [1.82, 2.24) is 10.3 Å². The number of rotatable bonds is 6. The van der Waals surface area contributed by atoms with Gasteiger partial charge >= 0.3 is 0 Å². The molecule has 0 fully saturated rings. The largest absolute Gasteiger partial charge is 0.497 e. The molecule has 158 valence electrons. The number of halogens is 5. The zero-order valence-electron chi connectivity index (χ0n) is 15.4. The van der Waals surface area contributed by atoms with Gasteiger partial charge in [-0.05, 0) is 41.0 Å². The maximum Gasteiger partial charge on any atom is 0.263 e. The highest BCUT2D eigenvalue weighted by atomic mass is 19.2. The number of ether oxygens (including phenoxy) is 2. The van der Waals surface area contributed by atoms with E-state index in [1.807, 2.05) is 0 Å². The second-order valence-corrected chi connectivity index (χ2v) is 5.88. The van der Waals surface area contributed by atoms with Crippen LogP contribution in [0.2, 0.25) is 0 Å². The van der Waals surface area contributed by atoms with E-state index >= 15 is 0 Å². The SMILES string of the molecule is COc1ccc(-c2nonc2NC(=O)COc2c(F)c(F)c(F)c(F)c2F)c(C)c1. The summed E-state index contributed by atoms with van der Waals surface area (Å²) in [6, 6.07) is 4.96. The predicted octanol–water partition coefficient (Wildman–Crippen LogP) is 3.77. The fraction of sp³-hybridized carbons (Fsp3) is 0.167. The van der Waals surface area contributed by atoms with Crippen molar-refractivity contribution < 1.29 is 40.8 Å². The summed E-state index contributed by atoms with van der Waals surface area (Å²) in [7, 11) is 1.49. The number of benzene rings is 2. The Labute approximate surface area is 165 Å². The van der Waals surface area contributed by atoms with E-state index < -0.39 is 47.3 Å². The summed E-state index contributed by atoms with van der Waals surface area (Å²) in [6.07, 6.45) is 0. The summed E-state index contributed by atoms with van der Waals surface area (Å²) in [5.74, 6) is -13.3. The smallest absolute Gasteiger partial charge is 0.263 e. The summed E-state index contributed by atoms with van der Waals surface area (Å²) in [6.45, 7) is 0.663. The van der Waals surface area contributed by atoms with E-state index in [2.05, 4.69) is 25.0 Å². The zero-order valence-corrected chi connectivity index (χ0v) is 15.4. The number of hydrogen-bond acceptors (Lipinski definition) is 6. The van der Waals surface area contributed by atoms with Crippen molar-refractivity contribution in [2.24, 2.45) is 0 Å². The van der Waals surface area contributed by atoms with E-state index in [1.165, 1.54) is 7.11 Å². The maximum absolute atomic E-state index is 13.6.